The highest BCUT2D eigenvalue weighted by atomic mass is 16.5. The van der Waals surface area contributed by atoms with Gasteiger partial charge in [0.25, 0.3) is 0 Å². The summed E-state index contributed by atoms with van der Waals surface area (Å²) in [6.07, 6.45) is 4.88. The predicted molar refractivity (Wildman–Crippen MR) is 89.0 cm³/mol. The predicted octanol–water partition coefficient (Wildman–Crippen LogP) is 1.85. The molecule has 0 N–H and O–H groups in total. The maximum absolute atomic E-state index is 12.2. The molecule has 1 spiro atoms. The number of pyridine rings is 1. The molecule has 0 saturated carbocycles. The molecule has 1 amide bonds. The van der Waals surface area contributed by atoms with Gasteiger partial charge >= 0.3 is 0 Å². The van der Waals surface area contributed by atoms with Gasteiger partial charge in [-0.25, -0.2) is 0 Å². The number of nitrogens with zero attached hydrogens (tertiary/aromatic N) is 3. The van der Waals surface area contributed by atoms with Gasteiger partial charge < -0.3 is 9.64 Å². The highest BCUT2D eigenvalue weighted by Gasteiger charge is 2.43. The number of carbonyl (C=O) groups is 1. The minimum absolute atomic E-state index is 0.0807. The molecule has 3 rings (SSSR count). The molecule has 2 aliphatic heterocycles. The fourth-order valence-corrected chi connectivity index (χ4v) is 3.73. The molecule has 126 valence electrons. The van der Waals surface area contributed by atoms with Crippen LogP contribution in [0.5, 0.6) is 0 Å². The van der Waals surface area contributed by atoms with E-state index in [1.165, 1.54) is 11.1 Å². The van der Waals surface area contributed by atoms with E-state index in [0.29, 0.717) is 6.61 Å². The first-order valence-electron chi connectivity index (χ1n) is 8.48. The lowest BCUT2D eigenvalue weighted by Crippen LogP contribution is -2.45. The van der Waals surface area contributed by atoms with Crippen molar-refractivity contribution in [3.05, 3.63) is 29.6 Å². The van der Waals surface area contributed by atoms with Crippen LogP contribution >= 0.6 is 0 Å². The number of rotatable bonds is 3. The number of aromatic nitrogens is 1. The van der Waals surface area contributed by atoms with Crippen LogP contribution in [0.1, 0.15) is 31.4 Å². The van der Waals surface area contributed by atoms with Crippen molar-refractivity contribution in [3.63, 3.8) is 0 Å². The maximum atomic E-state index is 12.2. The standard InChI is InChI=1S/C18H27N3O2/c1-14(2)21-12-18(13-23-10-17(21)22)5-7-20(11-18)9-16-4-6-19-8-15(16)3/h4,6,8,14H,5,7,9-13H2,1-3H3. The molecule has 2 aliphatic rings. The molecule has 1 aromatic heterocycles. The van der Waals surface area contributed by atoms with Gasteiger partial charge in [-0.05, 0) is 50.9 Å². The first-order chi connectivity index (χ1) is 11.0. The summed E-state index contributed by atoms with van der Waals surface area (Å²) < 4.78 is 5.72. The van der Waals surface area contributed by atoms with E-state index in [4.69, 9.17) is 4.74 Å². The number of hydrogen-bond donors (Lipinski definition) is 0. The minimum atomic E-state index is 0.0807. The number of hydrogen-bond acceptors (Lipinski definition) is 4. The fourth-order valence-electron chi connectivity index (χ4n) is 3.73. The average Bonchev–Trinajstić information content (AvgIpc) is 2.81. The van der Waals surface area contributed by atoms with Gasteiger partial charge in [-0.15, -0.1) is 0 Å². The van der Waals surface area contributed by atoms with Crippen LogP contribution in [0.3, 0.4) is 0 Å². The van der Waals surface area contributed by atoms with Gasteiger partial charge in [0.15, 0.2) is 0 Å². The molecule has 2 saturated heterocycles. The third kappa shape index (κ3) is 3.56. The minimum Gasteiger partial charge on any atom is -0.371 e. The van der Waals surface area contributed by atoms with E-state index in [9.17, 15) is 4.79 Å². The summed E-state index contributed by atoms with van der Waals surface area (Å²) in [5.41, 5.74) is 2.66. The molecule has 3 heterocycles. The Kier molecular flexibility index (Phi) is 4.69. The highest BCUT2D eigenvalue weighted by Crippen LogP contribution is 2.35. The van der Waals surface area contributed by atoms with E-state index in [1.807, 2.05) is 17.3 Å². The van der Waals surface area contributed by atoms with Crippen LogP contribution in [0.15, 0.2) is 18.5 Å². The molecular formula is C18H27N3O2. The lowest BCUT2D eigenvalue weighted by molar-refractivity contribution is -0.135. The van der Waals surface area contributed by atoms with Crippen molar-refractivity contribution in [2.45, 2.75) is 39.8 Å². The second-order valence-electron chi connectivity index (χ2n) is 7.37. The van der Waals surface area contributed by atoms with E-state index < -0.39 is 0 Å². The van der Waals surface area contributed by atoms with Gasteiger partial charge in [0, 0.05) is 43.5 Å². The van der Waals surface area contributed by atoms with Gasteiger partial charge in [0.05, 0.1) is 6.61 Å². The Balaban J connectivity index is 1.70. The number of carbonyl (C=O) groups excluding carboxylic acids is 1. The third-order valence-corrected chi connectivity index (χ3v) is 5.13. The molecule has 0 aliphatic carbocycles. The molecule has 23 heavy (non-hydrogen) atoms. The maximum Gasteiger partial charge on any atom is 0.248 e. The third-order valence-electron chi connectivity index (χ3n) is 5.13. The SMILES string of the molecule is Cc1cnccc1CN1CCC2(COCC(=O)N(C(C)C)C2)C1. The lowest BCUT2D eigenvalue weighted by Gasteiger charge is -2.34. The summed E-state index contributed by atoms with van der Waals surface area (Å²) in [4.78, 5) is 20.8. The van der Waals surface area contributed by atoms with Crippen LogP contribution in [0, 0.1) is 12.3 Å². The molecule has 1 unspecified atom stereocenters. The zero-order chi connectivity index (χ0) is 16.4. The quantitative estimate of drug-likeness (QED) is 0.853. The zero-order valence-electron chi connectivity index (χ0n) is 14.4. The summed E-state index contributed by atoms with van der Waals surface area (Å²) in [6.45, 7) is 11.0. The molecule has 0 radical (unpaired) electrons. The van der Waals surface area contributed by atoms with Crippen LogP contribution < -0.4 is 0 Å². The molecule has 1 aromatic rings. The van der Waals surface area contributed by atoms with Crippen LogP contribution in [-0.2, 0) is 16.1 Å². The summed E-state index contributed by atoms with van der Waals surface area (Å²) in [5.74, 6) is 0.125. The van der Waals surface area contributed by atoms with Crippen LogP contribution in [0.4, 0.5) is 0 Å². The Hall–Kier alpha value is -1.46. The van der Waals surface area contributed by atoms with Gasteiger partial charge in [-0.1, -0.05) is 0 Å². The molecule has 1 atom stereocenters. The molecule has 2 fully saturated rings. The van der Waals surface area contributed by atoms with Crippen molar-refractivity contribution in [3.8, 4) is 0 Å². The average molecular weight is 317 g/mol. The fraction of sp³-hybridized carbons (Fsp3) is 0.667. The van der Waals surface area contributed by atoms with Gasteiger partial charge in [0.1, 0.15) is 6.61 Å². The van der Waals surface area contributed by atoms with Gasteiger partial charge in [0.2, 0.25) is 5.91 Å². The first-order valence-corrected chi connectivity index (χ1v) is 8.48. The summed E-state index contributed by atoms with van der Waals surface area (Å²) >= 11 is 0. The second-order valence-corrected chi connectivity index (χ2v) is 7.37. The van der Waals surface area contributed by atoms with Crippen LogP contribution in [0.25, 0.3) is 0 Å². The Morgan fingerprint density at radius 1 is 1.39 bits per heavy atom. The van der Waals surface area contributed by atoms with Crippen molar-refractivity contribution in [2.75, 3.05) is 32.8 Å². The lowest BCUT2D eigenvalue weighted by atomic mass is 9.87. The molecule has 0 bridgehead atoms. The largest absolute Gasteiger partial charge is 0.371 e. The van der Waals surface area contributed by atoms with E-state index in [1.54, 1.807) is 0 Å². The Labute approximate surface area is 138 Å². The monoisotopic (exact) mass is 317 g/mol. The summed E-state index contributed by atoms with van der Waals surface area (Å²) in [6, 6.07) is 2.34. The number of aryl methyl sites for hydroxylation is 1. The highest BCUT2D eigenvalue weighted by molar-refractivity contribution is 5.78. The van der Waals surface area contributed by atoms with Gasteiger partial charge in [-0.2, -0.15) is 0 Å². The van der Waals surface area contributed by atoms with Crippen molar-refractivity contribution < 1.29 is 9.53 Å². The van der Waals surface area contributed by atoms with Crippen LogP contribution in [0.2, 0.25) is 0 Å². The Morgan fingerprint density at radius 3 is 2.96 bits per heavy atom. The van der Waals surface area contributed by atoms with E-state index >= 15 is 0 Å². The van der Waals surface area contributed by atoms with E-state index in [0.717, 1.165) is 32.6 Å². The molecular weight excluding hydrogens is 290 g/mol. The number of ether oxygens (including phenoxy) is 1. The number of amides is 1. The summed E-state index contributed by atoms with van der Waals surface area (Å²) in [5, 5.41) is 0. The van der Waals surface area contributed by atoms with Crippen molar-refractivity contribution >= 4 is 5.91 Å². The summed E-state index contributed by atoms with van der Waals surface area (Å²) in [7, 11) is 0. The molecule has 5 heteroatoms. The van der Waals surface area contributed by atoms with Crippen LogP contribution in [-0.4, -0.2) is 59.6 Å². The number of likely N-dealkylation sites (tertiary alicyclic amines) is 1. The first kappa shape index (κ1) is 16.4. The Morgan fingerprint density at radius 2 is 2.22 bits per heavy atom. The molecule has 0 aromatic carbocycles. The normalized spacial score (nSPS) is 26.3. The smallest absolute Gasteiger partial charge is 0.248 e. The zero-order valence-corrected chi connectivity index (χ0v) is 14.4. The van der Waals surface area contributed by atoms with E-state index in [-0.39, 0.29) is 24.0 Å². The molecule has 5 nitrogen and oxygen atoms in total. The van der Waals surface area contributed by atoms with Crippen molar-refractivity contribution in [1.82, 2.24) is 14.8 Å². The second kappa shape index (κ2) is 6.57. The topological polar surface area (TPSA) is 45.7 Å². The van der Waals surface area contributed by atoms with Crippen molar-refractivity contribution in [1.29, 1.82) is 0 Å². The Bertz CT molecular complexity index is 575. The van der Waals surface area contributed by atoms with E-state index in [2.05, 4.69) is 36.7 Å². The van der Waals surface area contributed by atoms with Crippen molar-refractivity contribution in [2.24, 2.45) is 5.41 Å². The van der Waals surface area contributed by atoms with Gasteiger partial charge in [-0.3, -0.25) is 14.7 Å².